The van der Waals surface area contributed by atoms with Crippen molar-refractivity contribution < 1.29 is 14.6 Å². The van der Waals surface area contributed by atoms with Crippen LogP contribution in [0.4, 0.5) is 0 Å². The van der Waals surface area contributed by atoms with Crippen molar-refractivity contribution in [3.05, 3.63) is 71.4 Å². The molecule has 1 saturated heterocycles. The highest BCUT2D eigenvalue weighted by atomic mass is 16.2. The Morgan fingerprint density at radius 2 is 1.67 bits per heavy atom. The third-order valence-corrected chi connectivity index (χ3v) is 7.13. The lowest BCUT2D eigenvalue weighted by atomic mass is 9.88. The molecule has 0 amide bonds. The molecule has 1 fully saturated rings. The van der Waals surface area contributed by atoms with E-state index >= 15 is 0 Å². The van der Waals surface area contributed by atoms with Crippen LogP contribution in [-0.2, 0) is 19.4 Å². The van der Waals surface area contributed by atoms with Gasteiger partial charge in [0, 0.05) is 16.6 Å². The number of carbonyl (C=O) groups is 1. The highest BCUT2D eigenvalue weighted by Crippen LogP contribution is 2.34. The van der Waals surface area contributed by atoms with E-state index in [-0.39, 0.29) is 5.91 Å². The monoisotopic (exact) mass is 403 g/mol. The Kier molecular flexibility index (Phi) is 5.45. The van der Waals surface area contributed by atoms with E-state index in [1.807, 2.05) is 0 Å². The maximum atomic E-state index is 13.4. The van der Waals surface area contributed by atoms with Crippen LogP contribution in [0.25, 0.3) is 10.9 Å². The number of carbonyl (C=O) groups excluding carboxylic acids is 1. The molecule has 2 heterocycles. The van der Waals surface area contributed by atoms with Gasteiger partial charge in [-0.05, 0) is 36.8 Å². The topological polar surface area (TPSA) is 30.9 Å². The fourth-order valence-corrected chi connectivity index (χ4v) is 5.46. The van der Waals surface area contributed by atoms with E-state index in [2.05, 4.69) is 66.1 Å². The average Bonchev–Trinajstić information content (AvgIpc) is 3.10. The molecule has 0 bridgehead atoms. The van der Waals surface area contributed by atoms with E-state index < -0.39 is 0 Å². The number of fused-ring (bicyclic) bond motifs is 3. The third-order valence-electron chi connectivity index (χ3n) is 7.13. The summed E-state index contributed by atoms with van der Waals surface area (Å²) in [5, 5.41) is 1.29. The molecule has 2 aliphatic rings. The summed E-state index contributed by atoms with van der Waals surface area (Å²) in [6.45, 7) is 8.46. The van der Waals surface area contributed by atoms with Gasteiger partial charge >= 0.3 is 0 Å². The van der Waals surface area contributed by atoms with Gasteiger partial charge in [0.2, 0.25) is 0 Å². The molecule has 1 aromatic heterocycles. The van der Waals surface area contributed by atoms with Crippen molar-refractivity contribution in [1.29, 1.82) is 0 Å². The van der Waals surface area contributed by atoms with E-state index in [1.54, 1.807) is 4.90 Å². The van der Waals surface area contributed by atoms with Crippen molar-refractivity contribution in [3.8, 4) is 0 Å². The minimum absolute atomic E-state index is 0.281. The predicted molar refractivity (Wildman–Crippen MR) is 120 cm³/mol. The number of piperazine rings is 1. The molecule has 2 aromatic carbocycles. The lowest BCUT2D eigenvalue weighted by Gasteiger charge is -2.29. The first-order valence-corrected chi connectivity index (χ1v) is 11.5. The van der Waals surface area contributed by atoms with Crippen LogP contribution in [0.3, 0.4) is 0 Å². The van der Waals surface area contributed by atoms with Crippen LogP contribution >= 0.6 is 0 Å². The highest BCUT2D eigenvalue weighted by Gasteiger charge is 2.29. The minimum Gasteiger partial charge on any atom is -0.322 e. The Hall–Kier alpha value is -2.43. The van der Waals surface area contributed by atoms with E-state index in [0.29, 0.717) is 12.5 Å². The molecule has 1 aliphatic heterocycles. The number of hydrogen-bond acceptors (Lipinski definition) is 1. The highest BCUT2D eigenvalue weighted by molar-refractivity contribution is 5.96. The summed E-state index contributed by atoms with van der Waals surface area (Å²) in [5.41, 5.74) is 5.23. The van der Waals surface area contributed by atoms with E-state index in [9.17, 15) is 4.79 Å². The molecule has 5 rings (SSSR count). The summed E-state index contributed by atoms with van der Waals surface area (Å²) in [7, 11) is 0. The average molecular weight is 404 g/mol. The number of quaternary nitrogens is 2. The number of para-hydroxylation sites is 1. The van der Waals surface area contributed by atoms with Crippen LogP contribution in [-0.4, -0.2) is 43.2 Å². The first-order chi connectivity index (χ1) is 14.7. The fraction of sp³-hybridized carbons (Fsp3) is 0.423. The molecule has 0 unspecified atom stereocenters. The third kappa shape index (κ3) is 3.82. The molecule has 4 heteroatoms. The Morgan fingerprint density at radius 1 is 0.967 bits per heavy atom. The smallest absolute Gasteiger partial charge is 0.286 e. The molecule has 0 radical (unpaired) electrons. The van der Waals surface area contributed by atoms with Gasteiger partial charge in [-0.2, -0.15) is 0 Å². The Balaban J connectivity index is 1.28. The van der Waals surface area contributed by atoms with Gasteiger partial charge in [-0.3, -0.25) is 9.36 Å². The van der Waals surface area contributed by atoms with Gasteiger partial charge in [0.05, 0.1) is 5.52 Å². The normalized spacial score (nSPS) is 24.0. The molecule has 0 spiro atoms. The quantitative estimate of drug-likeness (QED) is 0.678. The molecule has 156 valence electrons. The zero-order valence-electron chi connectivity index (χ0n) is 18.0. The molecule has 1 aliphatic carbocycles. The van der Waals surface area contributed by atoms with Crippen LogP contribution in [0.5, 0.6) is 0 Å². The molecule has 3 aromatic rings. The van der Waals surface area contributed by atoms with E-state index in [1.165, 1.54) is 33.5 Å². The van der Waals surface area contributed by atoms with Crippen LogP contribution in [0.1, 0.15) is 35.0 Å². The van der Waals surface area contributed by atoms with Crippen LogP contribution < -0.4 is 9.80 Å². The summed E-state index contributed by atoms with van der Waals surface area (Å²) in [4.78, 5) is 16.5. The van der Waals surface area contributed by atoms with Crippen molar-refractivity contribution in [2.24, 2.45) is 5.92 Å². The Morgan fingerprint density at radius 3 is 2.47 bits per heavy atom. The van der Waals surface area contributed by atoms with Crippen LogP contribution in [0, 0.1) is 5.92 Å². The summed E-state index contributed by atoms with van der Waals surface area (Å²) in [6.07, 6.45) is 3.32. The zero-order chi connectivity index (χ0) is 20.5. The number of hydrogen-bond donors (Lipinski definition) is 2. The SMILES string of the molecule is C[C@@H]1CCc2c(c3ccccc3n2C(=O)C[NH+]2CC[NH+](Cc3ccccc3)CC2)C1. The maximum Gasteiger partial charge on any atom is 0.286 e. The molecule has 4 nitrogen and oxygen atoms in total. The summed E-state index contributed by atoms with van der Waals surface area (Å²) in [6, 6.07) is 19.3. The van der Waals surface area contributed by atoms with Crippen molar-refractivity contribution in [1.82, 2.24) is 4.57 Å². The van der Waals surface area contributed by atoms with Crippen LogP contribution in [0.2, 0.25) is 0 Å². The van der Waals surface area contributed by atoms with Gasteiger partial charge < -0.3 is 9.80 Å². The summed E-state index contributed by atoms with van der Waals surface area (Å²) >= 11 is 0. The number of benzene rings is 2. The van der Waals surface area contributed by atoms with Gasteiger partial charge in [0.1, 0.15) is 32.7 Å². The first kappa shape index (κ1) is 19.5. The second kappa shape index (κ2) is 8.37. The molecule has 2 N–H and O–H groups in total. The number of nitrogens with one attached hydrogen (secondary N) is 2. The zero-order valence-corrected chi connectivity index (χ0v) is 18.0. The largest absolute Gasteiger partial charge is 0.322 e. The second-order valence-corrected chi connectivity index (χ2v) is 9.36. The van der Waals surface area contributed by atoms with Crippen molar-refractivity contribution in [3.63, 3.8) is 0 Å². The van der Waals surface area contributed by atoms with Gasteiger partial charge in [0.25, 0.3) is 5.91 Å². The fourth-order valence-electron chi connectivity index (χ4n) is 5.46. The van der Waals surface area contributed by atoms with Gasteiger partial charge in [-0.15, -0.1) is 0 Å². The molecular weight excluding hydrogens is 370 g/mol. The Bertz CT molecular complexity index is 1030. The number of nitrogens with zero attached hydrogens (tertiary/aromatic N) is 1. The second-order valence-electron chi connectivity index (χ2n) is 9.36. The Labute approximate surface area is 179 Å². The van der Waals surface area contributed by atoms with Gasteiger partial charge in [-0.1, -0.05) is 55.5 Å². The molecule has 1 atom stereocenters. The number of aromatic nitrogens is 1. The summed E-state index contributed by atoms with van der Waals surface area (Å²) < 4.78 is 2.08. The van der Waals surface area contributed by atoms with Crippen LogP contribution in [0.15, 0.2) is 54.6 Å². The lowest BCUT2D eigenvalue weighted by Crippen LogP contribution is -3.28. The van der Waals surface area contributed by atoms with Gasteiger partial charge in [0.15, 0.2) is 6.54 Å². The van der Waals surface area contributed by atoms with Crippen molar-refractivity contribution in [2.75, 3.05) is 32.7 Å². The van der Waals surface area contributed by atoms with Crippen molar-refractivity contribution >= 4 is 16.8 Å². The van der Waals surface area contributed by atoms with E-state index in [0.717, 1.165) is 51.1 Å². The lowest BCUT2D eigenvalue weighted by molar-refractivity contribution is -1.02. The van der Waals surface area contributed by atoms with E-state index in [4.69, 9.17) is 0 Å². The molecule has 0 saturated carbocycles. The number of rotatable bonds is 4. The summed E-state index contributed by atoms with van der Waals surface area (Å²) in [5.74, 6) is 0.988. The minimum atomic E-state index is 0.281. The predicted octanol–water partition coefficient (Wildman–Crippen LogP) is 1.39. The standard InChI is InChI=1S/C26H31N3O/c1-20-11-12-25-23(17-20)22-9-5-6-10-24(22)29(25)26(30)19-28-15-13-27(14-16-28)18-21-7-3-2-4-8-21/h2-10,20H,11-19H2,1H3/p+2/t20-/m1/s1. The van der Waals surface area contributed by atoms with Gasteiger partial charge in [-0.25, -0.2) is 0 Å². The molecule has 30 heavy (non-hydrogen) atoms. The van der Waals surface area contributed by atoms with Crippen molar-refractivity contribution in [2.45, 2.75) is 32.7 Å². The first-order valence-electron chi connectivity index (χ1n) is 11.5. The maximum absolute atomic E-state index is 13.4. The molecular formula is C26H33N3O+2.